The number of nitrogens with zero attached hydrogens (tertiary/aromatic N) is 1. The average molecular weight is 396 g/mol. The molecule has 150 valence electrons. The third kappa shape index (κ3) is 4.73. The summed E-state index contributed by atoms with van der Waals surface area (Å²) >= 11 is 0. The lowest BCUT2D eigenvalue weighted by molar-refractivity contribution is -0.119. The van der Waals surface area contributed by atoms with Crippen molar-refractivity contribution in [2.24, 2.45) is 0 Å². The van der Waals surface area contributed by atoms with E-state index in [1.807, 2.05) is 30.3 Å². The molecule has 0 saturated heterocycles. The summed E-state index contributed by atoms with van der Waals surface area (Å²) in [6.07, 6.45) is 0. The van der Waals surface area contributed by atoms with Crippen LogP contribution in [0.5, 0.6) is 11.5 Å². The second kappa shape index (κ2) is 8.92. The number of oxazole rings is 1. The van der Waals surface area contributed by atoms with Gasteiger partial charge in [0.15, 0.2) is 23.8 Å². The minimum atomic E-state index is -0.740. The first-order chi connectivity index (χ1) is 14.0. The molecule has 1 aromatic heterocycles. The van der Waals surface area contributed by atoms with Crippen LogP contribution >= 0.6 is 0 Å². The molecule has 29 heavy (non-hydrogen) atoms. The Balaban J connectivity index is 1.61. The van der Waals surface area contributed by atoms with Gasteiger partial charge in [0, 0.05) is 17.3 Å². The second-order valence-corrected chi connectivity index (χ2v) is 5.98. The van der Waals surface area contributed by atoms with E-state index in [-0.39, 0.29) is 5.69 Å². The maximum atomic E-state index is 12.3. The van der Waals surface area contributed by atoms with Gasteiger partial charge in [-0.1, -0.05) is 18.2 Å². The second-order valence-electron chi connectivity index (χ2n) is 5.98. The van der Waals surface area contributed by atoms with Crippen LogP contribution in [0, 0.1) is 6.92 Å². The highest BCUT2D eigenvalue weighted by molar-refractivity contribution is 5.95. The summed E-state index contributed by atoms with van der Waals surface area (Å²) in [5, 5.41) is 2.62. The molecule has 8 nitrogen and oxygen atoms in total. The van der Waals surface area contributed by atoms with Crippen LogP contribution in [-0.2, 0) is 9.53 Å². The van der Waals surface area contributed by atoms with Crippen molar-refractivity contribution in [1.29, 1.82) is 0 Å². The number of aryl methyl sites for hydroxylation is 1. The molecule has 1 heterocycles. The van der Waals surface area contributed by atoms with Gasteiger partial charge in [0.25, 0.3) is 5.91 Å². The Labute approximate surface area is 167 Å². The molecule has 0 fully saturated rings. The summed E-state index contributed by atoms with van der Waals surface area (Å²) in [6.45, 7) is 1.14. The normalized spacial score (nSPS) is 10.3. The zero-order chi connectivity index (χ0) is 20.8. The summed E-state index contributed by atoms with van der Waals surface area (Å²) in [5.74, 6) is 0.381. The molecule has 0 aliphatic heterocycles. The predicted molar refractivity (Wildman–Crippen MR) is 105 cm³/mol. The number of rotatable bonds is 7. The van der Waals surface area contributed by atoms with Crippen molar-refractivity contribution in [1.82, 2.24) is 4.98 Å². The Morgan fingerprint density at radius 1 is 1.03 bits per heavy atom. The molecule has 0 bridgehead atoms. The number of nitrogens with one attached hydrogen (secondary N) is 1. The lowest BCUT2D eigenvalue weighted by Gasteiger charge is -2.10. The smallest absolute Gasteiger partial charge is 0.361 e. The minimum absolute atomic E-state index is 0.0303. The Morgan fingerprint density at radius 2 is 1.76 bits per heavy atom. The number of carbonyl (C=O) groups excluding carboxylic acids is 2. The third-order valence-corrected chi connectivity index (χ3v) is 4.01. The van der Waals surface area contributed by atoms with Crippen LogP contribution in [0.3, 0.4) is 0 Å². The number of hydrogen-bond acceptors (Lipinski definition) is 7. The van der Waals surface area contributed by atoms with E-state index in [1.54, 1.807) is 25.1 Å². The summed E-state index contributed by atoms with van der Waals surface area (Å²) in [6, 6.07) is 14.1. The number of methoxy groups -OCH3 is 2. The molecule has 0 unspecified atom stereocenters. The fourth-order valence-corrected chi connectivity index (χ4v) is 2.60. The number of aromatic nitrogens is 1. The molecule has 1 N–H and O–H groups in total. The largest absolute Gasteiger partial charge is 0.493 e. The monoisotopic (exact) mass is 396 g/mol. The molecule has 3 rings (SSSR count). The van der Waals surface area contributed by atoms with Gasteiger partial charge in [-0.15, -0.1) is 0 Å². The van der Waals surface area contributed by atoms with E-state index in [2.05, 4.69) is 10.3 Å². The summed E-state index contributed by atoms with van der Waals surface area (Å²) in [5.41, 5.74) is 1.25. The Kier molecular flexibility index (Phi) is 6.13. The third-order valence-electron chi connectivity index (χ3n) is 4.01. The van der Waals surface area contributed by atoms with Crippen LogP contribution in [0.15, 0.2) is 52.9 Å². The fourth-order valence-electron chi connectivity index (χ4n) is 2.60. The quantitative estimate of drug-likeness (QED) is 0.611. The van der Waals surface area contributed by atoms with Gasteiger partial charge in [-0.05, 0) is 31.2 Å². The van der Waals surface area contributed by atoms with E-state index in [0.29, 0.717) is 28.8 Å². The van der Waals surface area contributed by atoms with Crippen molar-refractivity contribution < 1.29 is 28.2 Å². The predicted octanol–water partition coefficient (Wildman–Crippen LogP) is 3.46. The van der Waals surface area contributed by atoms with Gasteiger partial charge >= 0.3 is 5.97 Å². The highest BCUT2D eigenvalue weighted by Gasteiger charge is 2.20. The lowest BCUT2D eigenvalue weighted by Crippen LogP contribution is -2.21. The zero-order valence-corrected chi connectivity index (χ0v) is 16.2. The SMILES string of the molecule is COc1ccc(NC(=O)COC(=O)c2nc(-c3ccccc3)oc2C)cc1OC. The van der Waals surface area contributed by atoms with Gasteiger partial charge in [0.05, 0.1) is 14.2 Å². The van der Waals surface area contributed by atoms with E-state index < -0.39 is 18.5 Å². The maximum Gasteiger partial charge on any atom is 0.361 e. The van der Waals surface area contributed by atoms with Crippen molar-refractivity contribution in [3.05, 3.63) is 60.0 Å². The molecule has 0 aliphatic carbocycles. The van der Waals surface area contributed by atoms with Gasteiger partial charge < -0.3 is 23.9 Å². The molecular formula is C21H20N2O6. The van der Waals surface area contributed by atoms with E-state index in [1.165, 1.54) is 14.2 Å². The first-order valence-corrected chi connectivity index (χ1v) is 8.73. The van der Waals surface area contributed by atoms with Crippen LogP contribution in [0.25, 0.3) is 11.5 Å². The molecule has 0 radical (unpaired) electrons. The van der Waals surface area contributed by atoms with Crippen molar-refractivity contribution >= 4 is 17.6 Å². The van der Waals surface area contributed by atoms with Crippen molar-refractivity contribution in [3.63, 3.8) is 0 Å². The van der Waals surface area contributed by atoms with E-state index in [4.69, 9.17) is 18.6 Å². The van der Waals surface area contributed by atoms with Crippen LogP contribution in [-0.4, -0.2) is 37.7 Å². The van der Waals surface area contributed by atoms with Crippen LogP contribution in [0.1, 0.15) is 16.2 Å². The lowest BCUT2D eigenvalue weighted by atomic mass is 10.2. The summed E-state index contributed by atoms with van der Waals surface area (Å²) in [4.78, 5) is 28.6. The van der Waals surface area contributed by atoms with Gasteiger partial charge in [-0.25, -0.2) is 9.78 Å². The molecule has 8 heteroatoms. The van der Waals surface area contributed by atoms with Gasteiger partial charge in [0.1, 0.15) is 5.76 Å². The van der Waals surface area contributed by atoms with E-state index in [0.717, 1.165) is 5.56 Å². The molecule has 0 aliphatic rings. The Bertz CT molecular complexity index is 1010. The van der Waals surface area contributed by atoms with Crippen molar-refractivity contribution in [2.45, 2.75) is 6.92 Å². The number of ether oxygens (including phenoxy) is 3. The molecule has 0 saturated carbocycles. The summed E-state index contributed by atoms with van der Waals surface area (Å²) in [7, 11) is 3.01. The molecule has 2 aromatic carbocycles. The van der Waals surface area contributed by atoms with Crippen LogP contribution in [0.4, 0.5) is 5.69 Å². The number of benzene rings is 2. The first kappa shape index (κ1) is 19.9. The van der Waals surface area contributed by atoms with Crippen LogP contribution < -0.4 is 14.8 Å². The van der Waals surface area contributed by atoms with Crippen LogP contribution in [0.2, 0.25) is 0 Å². The minimum Gasteiger partial charge on any atom is -0.493 e. The molecule has 0 atom stereocenters. The van der Waals surface area contributed by atoms with Crippen molar-refractivity contribution in [2.75, 3.05) is 26.1 Å². The molecule has 3 aromatic rings. The van der Waals surface area contributed by atoms with Gasteiger partial charge in [-0.2, -0.15) is 0 Å². The highest BCUT2D eigenvalue weighted by Crippen LogP contribution is 2.29. The standard InChI is InChI=1S/C21H20N2O6/c1-13-19(23-20(29-13)14-7-5-4-6-8-14)21(25)28-12-18(24)22-15-9-10-16(26-2)17(11-15)27-3/h4-11H,12H2,1-3H3,(H,22,24). The Hall–Kier alpha value is -3.81. The van der Waals surface area contributed by atoms with Crippen molar-refractivity contribution in [3.8, 4) is 23.0 Å². The molecule has 1 amide bonds. The molecule has 0 spiro atoms. The maximum absolute atomic E-state index is 12.3. The van der Waals surface area contributed by atoms with Gasteiger partial charge in [-0.3, -0.25) is 4.79 Å². The summed E-state index contributed by atoms with van der Waals surface area (Å²) < 4.78 is 20.9. The number of esters is 1. The zero-order valence-electron chi connectivity index (χ0n) is 16.2. The number of anilines is 1. The first-order valence-electron chi connectivity index (χ1n) is 8.73. The number of amides is 1. The number of hydrogen-bond donors (Lipinski definition) is 1. The van der Waals surface area contributed by atoms with E-state index >= 15 is 0 Å². The fraction of sp³-hybridized carbons (Fsp3) is 0.190. The topological polar surface area (TPSA) is 99.9 Å². The van der Waals surface area contributed by atoms with E-state index in [9.17, 15) is 9.59 Å². The Morgan fingerprint density at radius 3 is 2.45 bits per heavy atom. The van der Waals surface area contributed by atoms with Gasteiger partial charge in [0.2, 0.25) is 5.89 Å². The average Bonchev–Trinajstić information content (AvgIpc) is 3.14. The molecular weight excluding hydrogens is 376 g/mol. The number of carbonyl (C=O) groups is 2. The highest BCUT2D eigenvalue weighted by atomic mass is 16.5.